The fourth-order valence-corrected chi connectivity index (χ4v) is 1.95. The van der Waals surface area contributed by atoms with Crippen LogP contribution in [0.15, 0.2) is 6.20 Å². The molecule has 84 valence electrons. The summed E-state index contributed by atoms with van der Waals surface area (Å²) in [5.74, 6) is -3.15. The van der Waals surface area contributed by atoms with Gasteiger partial charge in [-0.25, -0.2) is 8.78 Å². The van der Waals surface area contributed by atoms with Gasteiger partial charge in [-0.3, -0.25) is 4.68 Å². The Kier molecular flexibility index (Phi) is 1.98. The third kappa shape index (κ3) is 1.66. The van der Waals surface area contributed by atoms with E-state index in [4.69, 9.17) is 0 Å². The zero-order chi connectivity index (χ0) is 11.4. The van der Waals surface area contributed by atoms with E-state index in [-0.39, 0.29) is 11.8 Å². The summed E-state index contributed by atoms with van der Waals surface area (Å²) in [6, 6.07) is 0. The van der Waals surface area contributed by atoms with Crippen LogP contribution in [-0.4, -0.2) is 15.7 Å². The van der Waals surface area contributed by atoms with Crippen molar-refractivity contribution in [2.45, 2.75) is 44.4 Å². The lowest BCUT2D eigenvalue weighted by Gasteiger charge is -2.19. The molecule has 1 aromatic rings. The summed E-state index contributed by atoms with van der Waals surface area (Å²) in [5, 5.41) is 4.09. The van der Waals surface area contributed by atoms with E-state index >= 15 is 0 Å². The number of halogens is 2. The highest BCUT2D eigenvalue weighted by molar-refractivity contribution is 5.34. The molecular formula is C11H16F2N2. The maximum atomic E-state index is 13.1. The summed E-state index contributed by atoms with van der Waals surface area (Å²) in [4.78, 5) is 0. The molecule has 0 radical (unpaired) electrons. The van der Waals surface area contributed by atoms with Crippen LogP contribution < -0.4 is 0 Å². The predicted octanol–water partition coefficient (Wildman–Crippen LogP) is 2.84. The number of alkyl halides is 2. The van der Waals surface area contributed by atoms with Crippen molar-refractivity contribution < 1.29 is 8.78 Å². The fourth-order valence-electron chi connectivity index (χ4n) is 1.95. The maximum Gasteiger partial charge on any atom is 0.257 e. The topological polar surface area (TPSA) is 17.8 Å². The van der Waals surface area contributed by atoms with Crippen LogP contribution in [0.2, 0.25) is 0 Å². The smallest absolute Gasteiger partial charge is 0.257 e. The van der Waals surface area contributed by atoms with E-state index in [1.165, 1.54) is 0 Å². The van der Waals surface area contributed by atoms with Gasteiger partial charge in [0.25, 0.3) is 5.92 Å². The van der Waals surface area contributed by atoms with Gasteiger partial charge in [0.15, 0.2) is 0 Å². The summed E-state index contributed by atoms with van der Waals surface area (Å²) in [5.41, 5.74) is 1.52. The average Bonchev–Trinajstić information content (AvgIpc) is 2.52. The molecule has 15 heavy (non-hydrogen) atoms. The van der Waals surface area contributed by atoms with Crippen LogP contribution in [0.3, 0.4) is 0 Å². The largest absolute Gasteiger partial charge is 0.272 e. The first-order valence-electron chi connectivity index (χ1n) is 5.13. The number of nitrogens with zero attached hydrogens (tertiary/aromatic N) is 2. The minimum atomic E-state index is -2.52. The van der Waals surface area contributed by atoms with Crippen molar-refractivity contribution in [3.63, 3.8) is 0 Å². The molecule has 0 saturated heterocycles. The van der Waals surface area contributed by atoms with Gasteiger partial charge in [-0.15, -0.1) is 0 Å². The SMILES string of the molecule is Cn1ncc(C(C)(C)C)c1[C@H]1CC1(F)F. The third-order valence-electron chi connectivity index (χ3n) is 2.95. The zero-order valence-corrected chi connectivity index (χ0v) is 9.51. The van der Waals surface area contributed by atoms with Gasteiger partial charge >= 0.3 is 0 Å². The Morgan fingerprint density at radius 3 is 2.40 bits per heavy atom. The van der Waals surface area contributed by atoms with E-state index in [1.807, 2.05) is 20.8 Å². The zero-order valence-electron chi connectivity index (χ0n) is 9.51. The van der Waals surface area contributed by atoms with E-state index in [9.17, 15) is 8.78 Å². The van der Waals surface area contributed by atoms with Crippen molar-refractivity contribution in [1.82, 2.24) is 9.78 Å². The molecule has 2 rings (SSSR count). The summed E-state index contributed by atoms with van der Waals surface area (Å²) >= 11 is 0. The van der Waals surface area contributed by atoms with Crippen molar-refractivity contribution in [2.24, 2.45) is 7.05 Å². The van der Waals surface area contributed by atoms with Gasteiger partial charge in [0.2, 0.25) is 0 Å². The summed E-state index contributed by atoms with van der Waals surface area (Å²) in [6.45, 7) is 6.07. The van der Waals surface area contributed by atoms with Gasteiger partial charge in [0.1, 0.15) is 0 Å². The average molecular weight is 214 g/mol. The number of aromatic nitrogens is 2. The highest BCUT2D eigenvalue weighted by Gasteiger charge is 2.60. The number of hydrogen-bond donors (Lipinski definition) is 0. The first kappa shape index (κ1) is 10.6. The maximum absolute atomic E-state index is 13.1. The molecule has 0 N–H and O–H groups in total. The molecular weight excluding hydrogens is 198 g/mol. The molecule has 4 heteroatoms. The number of hydrogen-bond acceptors (Lipinski definition) is 1. The first-order valence-corrected chi connectivity index (χ1v) is 5.13. The van der Waals surface area contributed by atoms with Gasteiger partial charge in [0.05, 0.1) is 17.8 Å². The second-order valence-electron chi connectivity index (χ2n) is 5.33. The molecule has 0 spiro atoms. The quantitative estimate of drug-likeness (QED) is 0.703. The molecule has 0 aliphatic heterocycles. The predicted molar refractivity (Wildman–Crippen MR) is 54.2 cm³/mol. The molecule has 1 heterocycles. The second-order valence-corrected chi connectivity index (χ2v) is 5.33. The van der Waals surface area contributed by atoms with Crippen molar-refractivity contribution in [3.05, 3.63) is 17.5 Å². The lowest BCUT2D eigenvalue weighted by atomic mass is 9.86. The molecule has 1 aromatic heterocycles. The summed E-state index contributed by atoms with van der Waals surface area (Å²) < 4.78 is 27.7. The Morgan fingerprint density at radius 2 is 2.00 bits per heavy atom. The van der Waals surface area contributed by atoms with Crippen LogP contribution in [-0.2, 0) is 12.5 Å². The number of aryl methyl sites for hydroxylation is 1. The van der Waals surface area contributed by atoms with Crippen molar-refractivity contribution >= 4 is 0 Å². The van der Waals surface area contributed by atoms with Crippen LogP contribution in [0.25, 0.3) is 0 Å². The molecule has 1 aliphatic carbocycles. The highest BCUT2D eigenvalue weighted by atomic mass is 19.3. The van der Waals surface area contributed by atoms with Gasteiger partial charge in [-0.2, -0.15) is 5.10 Å². The molecule has 2 nitrogen and oxygen atoms in total. The Labute approximate surface area is 88.3 Å². The Morgan fingerprint density at radius 1 is 1.47 bits per heavy atom. The van der Waals surface area contributed by atoms with Gasteiger partial charge < -0.3 is 0 Å². The summed E-state index contributed by atoms with van der Waals surface area (Å²) in [7, 11) is 1.74. The molecule has 0 unspecified atom stereocenters. The standard InChI is InChI=1S/C11H16F2N2/c1-10(2,3)8-6-14-15(4)9(8)7-5-11(7,12)13/h6-7H,5H2,1-4H3/t7-/m1/s1. The molecule has 0 aromatic carbocycles. The minimum absolute atomic E-state index is 0.0321. The Bertz CT molecular complexity index is 388. The monoisotopic (exact) mass is 214 g/mol. The highest BCUT2D eigenvalue weighted by Crippen LogP contribution is 2.57. The lowest BCUT2D eigenvalue weighted by molar-refractivity contribution is 0.110. The van der Waals surface area contributed by atoms with Crippen LogP contribution in [0.4, 0.5) is 8.78 Å². The van der Waals surface area contributed by atoms with E-state index in [1.54, 1.807) is 17.9 Å². The molecule has 1 saturated carbocycles. The van der Waals surface area contributed by atoms with Crippen LogP contribution in [0.5, 0.6) is 0 Å². The Hall–Kier alpha value is -0.930. The second kappa shape index (κ2) is 2.80. The van der Waals surface area contributed by atoms with Crippen LogP contribution in [0.1, 0.15) is 44.4 Å². The van der Waals surface area contributed by atoms with Gasteiger partial charge in [0, 0.05) is 13.5 Å². The lowest BCUT2D eigenvalue weighted by Crippen LogP contribution is -2.14. The van der Waals surface area contributed by atoms with Gasteiger partial charge in [-0.05, 0) is 11.0 Å². The fraction of sp³-hybridized carbons (Fsp3) is 0.727. The van der Waals surface area contributed by atoms with Gasteiger partial charge in [-0.1, -0.05) is 20.8 Å². The minimum Gasteiger partial charge on any atom is -0.272 e. The van der Waals surface area contributed by atoms with Crippen molar-refractivity contribution in [1.29, 1.82) is 0 Å². The third-order valence-corrected chi connectivity index (χ3v) is 2.95. The van der Waals surface area contributed by atoms with E-state index in [2.05, 4.69) is 5.10 Å². The van der Waals surface area contributed by atoms with Crippen LogP contribution in [0, 0.1) is 0 Å². The number of rotatable bonds is 1. The molecule has 1 aliphatic rings. The molecule has 1 fully saturated rings. The van der Waals surface area contributed by atoms with Crippen molar-refractivity contribution in [3.8, 4) is 0 Å². The van der Waals surface area contributed by atoms with Crippen LogP contribution >= 0.6 is 0 Å². The Balaban J connectivity index is 2.43. The van der Waals surface area contributed by atoms with E-state index < -0.39 is 11.8 Å². The molecule has 0 bridgehead atoms. The van der Waals surface area contributed by atoms with Crippen molar-refractivity contribution in [2.75, 3.05) is 0 Å². The summed E-state index contributed by atoms with van der Waals surface area (Å²) in [6.07, 6.45) is 1.68. The molecule has 0 amide bonds. The first-order chi connectivity index (χ1) is 6.73. The molecule has 1 atom stereocenters. The van der Waals surface area contributed by atoms with E-state index in [0.29, 0.717) is 5.69 Å². The van der Waals surface area contributed by atoms with E-state index in [0.717, 1.165) is 5.56 Å². The normalized spacial score (nSPS) is 24.3.